The summed E-state index contributed by atoms with van der Waals surface area (Å²) in [4.78, 5) is 8.54. The van der Waals surface area contributed by atoms with Crippen LogP contribution >= 0.6 is 0 Å². The lowest BCUT2D eigenvalue weighted by molar-refractivity contribution is 0.323. The summed E-state index contributed by atoms with van der Waals surface area (Å²) in [7, 11) is 0. The average Bonchev–Trinajstić information content (AvgIpc) is 2.14. The molecule has 0 bridgehead atoms. The number of nitrogens with zero attached hydrogens (tertiary/aromatic N) is 2. The van der Waals surface area contributed by atoms with Crippen LogP contribution in [-0.2, 0) is 0 Å². The van der Waals surface area contributed by atoms with Gasteiger partial charge in [0.2, 0.25) is 5.88 Å². The van der Waals surface area contributed by atoms with E-state index in [0.717, 1.165) is 23.8 Å². The molecule has 0 fully saturated rings. The molecule has 1 rings (SSSR count). The molecule has 1 heterocycles. The van der Waals surface area contributed by atoms with Crippen molar-refractivity contribution in [3.63, 3.8) is 0 Å². The minimum atomic E-state index is 0.628. The molecule has 1 N–H and O–H groups in total. The summed E-state index contributed by atoms with van der Waals surface area (Å²) in [6, 6.07) is 0. The molecule has 0 amide bonds. The minimum absolute atomic E-state index is 0.628. The summed E-state index contributed by atoms with van der Waals surface area (Å²) in [5.41, 5.74) is 0.972. The van der Waals surface area contributed by atoms with Gasteiger partial charge in [-0.25, -0.2) is 4.98 Å². The number of hydrogen-bond donors (Lipinski definition) is 1. The van der Waals surface area contributed by atoms with Gasteiger partial charge in [0.1, 0.15) is 11.6 Å². The molecule has 0 saturated heterocycles. The first-order valence-electron chi connectivity index (χ1n) is 4.90. The van der Waals surface area contributed by atoms with E-state index in [0.29, 0.717) is 12.5 Å². The van der Waals surface area contributed by atoms with Crippen LogP contribution in [0.5, 0.6) is 5.88 Å². The zero-order valence-electron chi connectivity index (χ0n) is 9.22. The largest absolute Gasteiger partial charge is 0.478 e. The van der Waals surface area contributed by atoms with Crippen molar-refractivity contribution in [2.24, 2.45) is 0 Å². The Labute approximate surface area is 84.7 Å². The number of aryl methyl sites for hydroxylation is 1. The van der Waals surface area contributed by atoms with E-state index in [1.165, 1.54) is 0 Å². The molecule has 0 atom stereocenters. The topological polar surface area (TPSA) is 47.0 Å². The molecule has 0 aliphatic rings. The van der Waals surface area contributed by atoms with E-state index in [9.17, 15) is 0 Å². The zero-order valence-corrected chi connectivity index (χ0v) is 9.22. The normalized spacial score (nSPS) is 10.0. The molecule has 1 aromatic heterocycles. The van der Waals surface area contributed by atoms with Crippen molar-refractivity contribution in [3.05, 3.63) is 11.4 Å². The van der Waals surface area contributed by atoms with Gasteiger partial charge in [0.05, 0.1) is 12.2 Å². The highest BCUT2D eigenvalue weighted by atomic mass is 16.5. The van der Waals surface area contributed by atoms with Crippen LogP contribution in [0.1, 0.15) is 25.2 Å². The SMILES string of the molecule is CCNc1nc(C)nc(OCC)c1C. The number of nitrogens with one attached hydrogen (secondary N) is 1. The van der Waals surface area contributed by atoms with Gasteiger partial charge in [0.15, 0.2) is 0 Å². The van der Waals surface area contributed by atoms with Crippen molar-refractivity contribution < 1.29 is 4.74 Å². The Bertz CT molecular complexity index is 285. The van der Waals surface area contributed by atoms with Crippen molar-refractivity contribution in [1.29, 1.82) is 0 Å². The summed E-state index contributed by atoms with van der Waals surface area (Å²) < 4.78 is 5.41. The summed E-state index contributed by atoms with van der Waals surface area (Å²) in [6.07, 6.45) is 0. The van der Waals surface area contributed by atoms with Crippen LogP contribution in [0.15, 0.2) is 0 Å². The molecule has 4 nitrogen and oxygen atoms in total. The molecular weight excluding hydrogens is 178 g/mol. The van der Waals surface area contributed by atoms with Crippen molar-refractivity contribution in [3.8, 4) is 5.88 Å². The molecule has 0 aliphatic carbocycles. The molecule has 0 radical (unpaired) electrons. The number of hydrogen-bond acceptors (Lipinski definition) is 4. The van der Waals surface area contributed by atoms with E-state index in [4.69, 9.17) is 4.74 Å². The fourth-order valence-corrected chi connectivity index (χ4v) is 1.22. The maximum atomic E-state index is 5.41. The van der Waals surface area contributed by atoms with Gasteiger partial charge in [-0.15, -0.1) is 0 Å². The fraction of sp³-hybridized carbons (Fsp3) is 0.600. The van der Waals surface area contributed by atoms with Crippen LogP contribution in [-0.4, -0.2) is 23.1 Å². The molecule has 14 heavy (non-hydrogen) atoms. The number of ether oxygens (including phenoxy) is 1. The quantitative estimate of drug-likeness (QED) is 0.797. The molecular formula is C10H17N3O. The molecule has 0 aromatic carbocycles. The fourth-order valence-electron chi connectivity index (χ4n) is 1.22. The minimum Gasteiger partial charge on any atom is -0.478 e. The molecule has 78 valence electrons. The van der Waals surface area contributed by atoms with Crippen molar-refractivity contribution in [2.45, 2.75) is 27.7 Å². The Morgan fingerprint density at radius 3 is 2.50 bits per heavy atom. The van der Waals surface area contributed by atoms with Crippen molar-refractivity contribution in [2.75, 3.05) is 18.5 Å². The highest BCUT2D eigenvalue weighted by Gasteiger charge is 2.08. The monoisotopic (exact) mass is 195 g/mol. The Morgan fingerprint density at radius 2 is 1.93 bits per heavy atom. The summed E-state index contributed by atoms with van der Waals surface area (Å²) >= 11 is 0. The standard InChI is InChI=1S/C10H17N3O/c1-5-11-9-7(3)10(14-6-2)13-8(4)12-9/h5-6H2,1-4H3,(H,11,12,13). The van der Waals surface area contributed by atoms with Gasteiger partial charge in [0.25, 0.3) is 0 Å². The third kappa shape index (κ3) is 2.34. The van der Waals surface area contributed by atoms with E-state index in [2.05, 4.69) is 15.3 Å². The Kier molecular flexibility index (Phi) is 3.68. The van der Waals surface area contributed by atoms with Crippen molar-refractivity contribution >= 4 is 5.82 Å². The van der Waals surface area contributed by atoms with Crippen LogP contribution in [0.4, 0.5) is 5.82 Å². The van der Waals surface area contributed by atoms with Gasteiger partial charge in [-0.3, -0.25) is 0 Å². The van der Waals surface area contributed by atoms with Crippen LogP contribution in [0.3, 0.4) is 0 Å². The lowest BCUT2D eigenvalue weighted by atomic mass is 10.3. The lowest BCUT2D eigenvalue weighted by Gasteiger charge is -2.11. The third-order valence-corrected chi connectivity index (χ3v) is 1.84. The predicted octanol–water partition coefficient (Wildman–Crippen LogP) is 1.92. The number of rotatable bonds is 4. The summed E-state index contributed by atoms with van der Waals surface area (Å²) in [5.74, 6) is 2.27. The Balaban J connectivity index is 3.04. The van der Waals surface area contributed by atoms with E-state index in [1.54, 1.807) is 0 Å². The molecule has 0 saturated carbocycles. The second-order valence-electron chi connectivity index (χ2n) is 3.01. The first-order valence-corrected chi connectivity index (χ1v) is 4.90. The first-order chi connectivity index (χ1) is 6.69. The van der Waals surface area contributed by atoms with Gasteiger partial charge in [-0.05, 0) is 27.7 Å². The highest BCUT2D eigenvalue weighted by Crippen LogP contribution is 2.21. The number of aromatic nitrogens is 2. The maximum absolute atomic E-state index is 5.41. The van der Waals surface area contributed by atoms with E-state index in [1.807, 2.05) is 27.7 Å². The smallest absolute Gasteiger partial charge is 0.221 e. The summed E-state index contributed by atoms with van der Waals surface area (Å²) in [5, 5.41) is 3.18. The molecule has 0 aliphatic heterocycles. The van der Waals surface area contributed by atoms with E-state index < -0.39 is 0 Å². The number of anilines is 1. The Morgan fingerprint density at radius 1 is 1.21 bits per heavy atom. The average molecular weight is 195 g/mol. The van der Waals surface area contributed by atoms with Gasteiger partial charge in [-0.2, -0.15) is 4.98 Å². The summed E-state index contributed by atoms with van der Waals surface area (Å²) in [6.45, 7) is 9.29. The van der Waals surface area contributed by atoms with Gasteiger partial charge in [-0.1, -0.05) is 0 Å². The van der Waals surface area contributed by atoms with Gasteiger partial charge >= 0.3 is 0 Å². The van der Waals surface area contributed by atoms with Gasteiger partial charge in [0, 0.05) is 6.54 Å². The second kappa shape index (κ2) is 4.79. The second-order valence-corrected chi connectivity index (χ2v) is 3.01. The molecule has 0 spiro atoms. The van der Waals surface area contributed by atoms with Crippen LogP contribution in [0.2, 0.25) is 0 Å². The van der Waals surface area contributed by atoms with Crippen LogP contribution in [0.25, 0.3) is 0 Å². The first kappa shape index (κ1) is 10.8. The van der Waals surface area contributed by atoms with E-state index in [-0.39, 0.29) is 0 Å². The molecule has 4 heteroatoms. The van der Waals surface area contributed by atoms with Gasteiger partial charge < -0.3 is 10.1 Å². The van der Waals surface area contributed by atoms with Crippen LogP contribution < -0.4 is 10.1 Å². The predicted molar refractivity (Wildman–Crippen MR) is 56.8 cm³/mol. The van der Waals surface area contributed by atoms with Crippen molar-refractivity contribution in [1.82, 2.24) is 9.97 Å². The molecule has 1 aromatic rings. The lowest BCUT2D eigenvalue weighted by Crippen LogP contribution is -2.07. The van der Waals surface area contributed by atoms with E-state index >= 15 is 0 Å². The molecule has 0 unspecified atom stereocenters. The zero-order chi connectivity index (χ0) is 10.6. The maximum Gasteiger partial charge on any atom is 0.221 e. The van der Waals surface area contributed by atoms with Crippen LogP contribution in [0, 0.1) is 13.8 Å². The third-order valence-electron chi connectivity index (χ3n) is 1.84. The highest BCUT2D eigenvalue weighted by molar-refractivity contribution is 5.48. The Hall–Kier alpha value is -1.32.